The highest BCUT2D eigenvalue weighted by Gasteiger charge is 2.73. The summed E-state index contributed by atoms with van der Waals surface area (Å²) >= 11 is 6.29. The predicted octanol–water partition coefficient (Wildman–Crippen LogP) is 4.91. The number of likely N-dealkylation sites (tertiary alicyclic amines) is 1. The molecule has 0 aromatic heterocycles. The van der Waals surface area contributed by atoms with E-state index in [-0.39, 0.29) is 29.8 Å². The molecular weight excluding hydrogens is 502 g/mol. The molecule has 4 fully saturated rings. The molecule has 0 radical (unpaired) electrons. The molecule has 2 saturated heterocycles. The van der Waals surface area contributed by atoms with Crippen molar-refractivity contribution >= 4 is 35.0 Å². The number of nitrogens with zero attached hydrogens (tertiary/aromatic N) is 1. The van der Waals surface area contributed by atoms with Gasteiger partial charge in [-0.05, 0) is 50.3 Å². The van der Waals surface area contributed by atoms with Crippen LogP contribution in [0.5, 0.6) is 0 Å². The molecule has 2 saturated carbocycles. The molecule has 3 amide bonds. The molecule has 0 unspecified atom stereocenters. The Labute approximate surface area is 229 Å². The molecule has 2 N–H and O–H groups in total. The number of aryl methyl sites for hydroxylation is 1. The van der Waals surface area contributed by atoms with Gasteiger partial charge in [-0.15, -0.1) is 0 Å². The first-order valence-corrected chi connectivity index (χ1v) is 14.8. The Morgan fingerprint density at radius 3 is 2.39 bits per heavy atom. The van der Waals surface area contributed by atoms with Gasteiger partial charge in [-0.2, -0.15) is 0 Å². The van der Waals surface area contributed by atoms with E-state index in [2.05, 4.69) is 10.6 Å². The Bertz CT molecular complexity index is 1140. The molecule has 38 heavy (non-hydrogen) atoms. The molecule has 6 rings (SSSR count). The summed E-state index contributed by atoms with van der Waals surface area (Å²) in [6.07, 6.45) is 14.8. The minimum atomic E-state index is -1.11. The number of fused-ring (bicyclic) bond motifs is 1. The molecule has 5 atom stereocenters. The molecule has 2 aliphatic carbocycles. The highest BCUT2D eigenvalue weighted by molar-refractivity contribution is 6.31. The summed E-state index contributed by atoms with van der Waals surface area (Å²) in [5, 5.41) is 6.83. The lowest BCUT2D eigenvalue weighted by molar-refractivity contribution is -0.144. The number of rotatable bonds is 5. The summed E-state index contributed by atoms with van der Waals surface area (Å²) in [5.41, 5.74) is 0.399. The molecule has 8 heteroatoms. The molecule has 2 bridgehead atoms. The number of hydrogen-bond donors (Lipinski definition) is 2. The molecule has 3 aliphatic heterocycles. The third kappa shape index (κ3) is 4.36. The summed E-state index contributed by atoms with van der Waals surface area (Å²) in [5.74, 6) is -1.94. The van der Waals surface area contributed by atoms with E-state index in [1.54, 1.807) is 6.07 Å². The lowest BCUT2D eigenvalue weighted by atomic mass is 9.74. The van der Waals surface area contributed by atoms with Gasteiger partial charge in [0.2, 0.25) is 17.7 Å². The summed E-state index contributed by atoms with van der Waals surface area (Å²) in [6, 6.07) is 4.76. The van der Waals surface area contributed by atoms with Crippen LogP contribution in [0.15, 0.2) is 30.4 Å². The van der Waals surface area contributed by atoms with Crippen molar-refractivity contribution in [2.24, 2.45) is 11.8 Å². The largest absolute Gasteiger partial charge is 0.359 e. The van der Waals surface area contributed by atoms with E-state index in [0.29, 0.717) is 10.7 Å². The van der Waals surface area contributed by atoms with E-state index < -0.39 is 29.6 Å². The molecule has 1 aromatic carbocycles. The third-order valence-corrected chi connectivity index (χ3v) is 9.88. The van der Waals surface area contributed by atoms with Gasteiger partial charge in [0.15, 0.2) is 0 Å². The van der Waals surface area contributed by atoms with Gasteiger partial charge in [0.25, 0.3) is 0 Å². The lowest BCUT2D eigenvalue weighted by Gasteiger charge is -2.37. The average Bonchev–Trinajstić information content (AvgIpc) is 3.45. The van der Waals surface area contributed by atoms with Crippen LogP contribution < -0.4 is 10.6 Å². The fraction of sp³-hybridized carbons (Fsp3) is 0.633. The van der Waals surface area contributed by atoms with Crippen LogP contribution in [-0.2, 0) is 19.1 Å². The zero-order chi connectivity index (χ0) is 26.4. The second kappa shape index (κ2) is 10.3. The van der Waals surface area contributed by atoms with Crippen LogP contribution in [-0.4, -0.2) is 52.5 Å². The van der Waals surface area contributed by atoms with E-state index in [9.17, 15) is 14.4 Å². The Hall–Kier alpha value is -2.38. The van der Waals surface area contributed by atoms with Gasteiger partial charge in [-0.3, -0.25) is 14.4 Å². The van der Waals surface area contributed by atoms with Gasteiger partial charge in [-0.25, -0.2) is 0 Å². The SMILES string of the molecule is Cc1ccc(NC(=O)[C@H]2[C@@H]3C=C[C@]4(O3)[C@@H]2C(=O)N(C2CCCCCC2)[C@@H]4C(=O)NC2CCCCC2)cc1Cl. The topological polar surface area (TPSA) is 87.7 Å². The number of nitrogens with one attached hydrogen (secondary N) is 2. The third-order valence-electron chi connectivity index (χ3n) is 9.47. The first-order valence-electron chi connectivity index (χ1n) is 14.5. The summed E-state index contributed by atoms with van der Waals surface area (Å²) in [6.45, 7) is 1.91. The molecule has 3 heterocycles. The summed E-state index contributed by atoms with van der Waals surface area (Å²) < 4.78 is 6.52. The van der Waals surface area contributed by atoms with Gasteiger partial charge in [0.05, 0.1) is 17.9 Å². The smallest absolute Gasteiger partial charge is 0.246 e. The average molecular weight is 540 g/mol. The van der Waals surface area contributed by atoms with Crippen molar-refractivity contribution in [1.29, 1.82) is 0 Å². The number of halogens is 1. The number of benzene rings is 1. The first-order chi connectivity index (χ1) is 18.4. The maximum atomic E-state index is 14.3. The van der Waals surface area contributed by atoms with E-state index in [1.165, 1.54) is 6.42 Å². The van der Waals surface area contributed by atoms with Crippen LogP contribution in [0.2, 0.25) is 5.02 Å². The fourth-order valence-electron chi connectivity index (χ4n) is 7.56. The first kappa shape index (κ1) is 25.9. The number of hydrogen-bond acceptors (Lipinski definition) is 4. The second-order valence-electron chi connectivity index (χ2n) is 11.9. The highest BCUT2D eigenvalue weighted by Crippen LogP contribution is 2.56. The maximum Gasteiger partial charge on any atom is 0.246 e. The van der Waals surface area contributed by atoms with Crippen LogP contribution in [0.1, 0.15) is 76.2 Å². The monoisotopic (exact) mass is 539 g/mol. The van der Waals surface area contributed by atoms with E-state index in [1.807, 2.05) is 36.1 Å². The molecule has 204 valence electrons. The quantitative estimate of drug-likeness (QED) is 0.411. The summed E-state index contributed by atoms with van der Waals surface area (Å²) in [7, 11) is 0. The fourth-order valence-corrected chi connectivity index (χ4v) is 7.74. The molecular formula is C30H38ClN3O4. The minimum absolute atomic E-state index is 0.0113. The zero-order valence-corrected chi connectivity index (χ0v) is 22.8. The number of amides is 3. The van der Waals surface area contributed by atoms with Gasteiger partial charge < -0.3 is 20.3 Å². The number of ether oxygens (including phenoxy) is 1. The molecule has 5 aliphatic rings. The van der Waals surface area contributed by atoms with Crippen LogP contribution in [0.25, 0.3) is 0 Å². The summed E-state index contributed by atoms with van der Waals surface area (Å²) in [4.78, 5) is 43.8. The second-order valence-corrected chi connectivity index (χ2v) is 12.3. The van der Waals surface area contributed by atoms with Crippen molar-refractivity contribution in [2.75, 3.05) is 5.32 Å². The number of anilines is 1. The standard InChI is InChI=1S/C30H38ClN3O4/c1-18-13-14-20(17-22(18)31)33-27(35)24-23-15-16-30(38-23)25(24)29(37)34(21-11-7-2-3-8-12-21)26(30)28(36)32-19-9-5-4-6-10-19/h13-17,19,21,23-26H,2-12H2,1H3,(H,32,36)(H,33,35)/t23-,24-,25-,26+,30-/m0/s1. The van der Waals surface area contributed by atoms with Crippen LogP contribution in [0, 0.1) is 18.8 Å². The molecule has 1 aromatic rings. The van der Waals surface area contributed by atoms with Gasteiger partial charge in [0, 0.05) is 22.8 Å². The van der Waals surface area contributed by atoms with E-state index in [4.69, 9.17) is 16.3 Å². The van der Waals surface area contributed by atoms with E-state index in [0.717, 1.165) is 69.8 Å². The van der Waals surface area contributed by atoms with Crippen molar-refractivity contribution in [3.63, 3.8) is 0 Å². The number of carbonyl (C=O) groups is 3. The molecule has 7 nitrogen and oxygen atoms in total. The van der Waals surface area contributed by atoms with Crippen LogP contribution in [0.4, 0.5) is 5.69 Å². The number of carbonyl (C=O) groups excluding carboxylic acids is 3. The maximum absolute atomic E-state index is 14.3. The van der Waals surface area contributed by atoms with Crippen molar-refractivity contribution in [3.05, 3.63) is 40.9 Å². The van der Waals surface area contributed by atoms with Crippen molar-refractivity contribution in [1.82, 2.24) is 10.2 Å². The van der Waals surface area contributed by atoms with Gasteiger partial charge in [0.1, 0.15) is 11.6 Å². The van der Waals surface area contributed by atoms with Crippen molar-refractivity contribution in [2.45, 2.75) is 107 Å². The van der Waals surface area contributed by atoms with Gasteiger partial charge in [-0.1, -0.05) is 74.8 Å². The zero-order valence-electron chi connectivity index (χ0n) is 22.1. The van der Waals surface area contributed by atoms with Crippen LogP contribution in [0.3, 0.4) is 0 Å². The van der Waals surface area contributed by atoms with Gasteiger partial charge >= 0.3 is 0 Å². The minimum Gasteiger partial charge on any atom is -0.359 e. The predicted molar refractivity (Wildman–Crippen MR) is 146 cm³/mol. The Morgan fingerprint density at radius 2 is 1.68 bits per heavy atom. The lowest BCUT2D eigenvalue weighted by Crippen LogP contribution is -2.58. The Kier molecular flexibility index (Phi) is 7.02. The Balaban J connectivity index is 1.32. The Morgan fingerprint density at radius 1 is 1.00 bits per heavy atom. The van der Waals surface area contributed by atoms with E-state index >= 15 is 0 Å². The van der Waals surface area contributed by atoms with Crippen molar-refractivity contribution in [3.8, 4) is 0 Å². The normalized spacial score (nSPS) is 33.3. The molecule has 1 spiro atoms. The highest BCUT2D eigenvalue weighted by atomic mass is 35.5. The van der Waals surface area contributed by atoms with Crippen LogP contribution >= 0.6 is 11.6 Å². The van der Waals surface area contributed by atoms with Crippen molar-refractivity contribution < 1.29 is 19.1 Å².